The Morgan fingerprint density at radius 2 is 2.40 bits per heavy atom. The van der Waals surface area contributed by atoms with Crippen LogP contribution < -0.4 is 4.73 Å². The molecule has 0 spiro atoms. The second-order valence-electron chi connectivity index (χ2n) is 1.98. The Bertz CT molecular complexity index is 217. The molecule has 54 valence electrons. The van der Waals surface area contributed by atoms with Crippen LogP contribution in [0.4, 0.5) is 0 Å². The van der Waals surface area contributed by atoms with Crippen molar-refractivity contribution in [3.63, 3.8) is 0 Å². The lowest BCUT2D eigenvalue weighted by Gasteiger charge is -2.01. The van der Waals surface area contributed by atoms with Crippen LogP contribution in [0.25, 0.3) is 0 Å². The Balaban J connectivity index is 3.17. The Morgan fingerprint density at radius 1 is 1.70 bits per heavy atom. The van der Waals surface area contributed by atoms with Crippen LogP contribution in [-0.2, 0) is 6.42 Å². The van der Waals surface area contributed by atoms with Crippen molar-refractivity contribution in [1.29, 1.82) is 0 Å². The average Bonchev–Trinajstić information content (AvgIpc) is 1.88. The van der Waals surface area contributed by atoms with E-state index in [-0.39, 0.29) is 0 Å². The van der Waals surface area contributed by atoms with Gasteiger partial charge in [-0.3, -0.25) is 0 Å². The molecule has 0 N–H and O–H groups in total. The third-order valence-electron chi connectivity index (χ3n) is 1.34. The maximum absolute atomic E-state index is 11.0. The zero-order chi connectivity index (χ0) is 7.56. The summed E-state index contributed by atoms with van der Waals surface area (Å²) in [7, 11) is 0. The van der Waals surface area contributed by atoms with Crippen LogP contribution in [0.2, 0.25) is 0 Å². The SMILES string of the molecule is CCc1c(Br)ccc[n+]1[O-]. The first-order valence-electron chi connectivity index (χ1n) is 3.12. The molecule has 1 rings (SSSR count). The predicted molar refractivity (Wildman–Crippen MR) is 42.5 cm³/mol. The van der Waals surface area contributed by atoms with E-state index in [0.717, 1.165) is 21.3 Å². The van der Waals surface area contributed by atoms with Gasteiger partial charge in [-0.25, -0.2) is 0 Å². The number of aromatic nitrogens is 1. The van der Waals surface area contributed by atoms with Gasteiger partial charge in [0, 0.05) is 12.5 Å². The van der Waals surface area contributed by atoms with E-state index in [1.165, 1.54) is 6.20 Å². The van der Waals surface area contributed by atoms with Crippen molar-refractivity contribution < 1.29 is 4.73 Å². The molecule has 10 heavy (non-hydrogen) atoms. The summed E-state index contributed by atoms with van der Waals surface area (Å²) in [4.78, 5) is 0. The summed E-state index contributed by atoms with van der Waals surface area (Å²) >= 11 is 3.29. The van der Waals surface area contributed by atoms with Crippen molar-refractivity contribution >= 4 is 15.9 Å². The molecule has 0 atom stereocenters. The summed E-state index contributed by atoms with van der Waals surface area (Å²) in [6, 6.07) is 3.59. The highest BCUT2D eigenvalue weighted by Crippen LogP contribution is 2.11. The standard InChI is InChI=1S/C7H8BrNO/c1-2-7-6(8)4-3-5-9(7)10/h3-5H,2H2,1H3. The Morgan fingerprint density at radius 3 is 2.80 bits per heavy atom. The van der Waals surface area contributed by atoms with Gasteiger partial charge in [0.2, 0.25) is 5.69 Å². The smallest absolute Gasteiger partial charge is 0.206 e. The molecular formula is C7H8BrNO. The number of halogens is 1. The number of rotatable bonds is 1. The van der Waals surface area contributed by atoms with Gasteiger partial charge in [-0.05, 0) is 22.0 Å². The number of pyridine rings is 1. The van der Waals surface area contributed by atoms with Gasteiger partial charge >= 0.3 is 0 Å². The Labute approximate surface area is 68.2 Å². The van der Waals surface area contributed by atoms with Crippen LogP contribution in [0.3, 0.4) is 0 Å². The summed E-state index contributed by atoms with van der Waals surface area (Å²) in [5, 5.41) is 11.0. The molecule has 0 bridgehead atoms. The number of nitrogens with zero attached hydrogens (tertiary/aromatic N) is 1. The molecule has 3 heteroatoms. The van der Waals surface area contributed by atoms with Crippen LogP contribution >= 0.6 is 15.9 Å². The lowest BCUT2D eigenvalue weighted by Crippen LogP contribution is -2.30. The number of hydrogen-bond donors (Lipinski definition) is 0. The van der Waals surface area contributed by atoms with E-state index in [0.29, 0.717) is 0 Å². The van der Waals surface area contributed by atoms with Gasteiger partial charge < -0.3 is 5.21 Å². The molecule has 1 aromatic rings. The van der Waals surface area contributed by atoms with Gasteiger partial charge in [-0.15, -0.1) is 0 Å². The quantitative estimate of drug-likeness (QED) is 0.502. The molecule has 0 saturated heterocycles. The zero-order valence-electron chi connectivity index (χ0n) is 5.67. The monoisotopic (exact) mass is 201 g/mol. The van der Waals surface area contributed by atoms with E-state index in [2.05, 4.69) is 15.9 Å². The van der Waals surface area contributed by atoms with E-state index >= 15 is 0 Å². The molecule has 0 saturated carbocycles. The largest absolute Gasteiger partial charge is 0.618 e. The molecule has 0 aliphatic rings. The fraction of sp³-hybridized carbons (Fsp3) is 0.286. The third kappa shape index (κ3) is 1.29. The second-order valence-corrected chi connectivity index (χ2v) is 2.84. The molecule has 0 aliphatic heterocycles. The minimum absolute atomic E-state index is 0.755. The van der Waals surface area contributed by atoms with Crippen LogP contribution in [-0.4, -0.2) is 0 Å². The minimum Gasteiger partial charge on any atom is -0.618 e. The van der Waals surface area contributed by atoms with Gasteiger partial charge in [0.25, 0.3) is 0 Å². The van der Waals surface area contributed by atoms with E-state index in [4.69, 9.17) is 0 Å². The molecule has 1 aromatic heterocycles. The lowest BCUT2D eigenvalue weighted by molar-refractivity contribution is -0.614. The maximum Gasteiger partial charge on any atom is 0.206 e. The van der Waals surface area contributed by atoms with Gasteiger partial charge in [-0.2, -0.15) is 4.73 Å². The van der Waals surface area contributed by atoms with Crippen molar-refractivity contribution in [2.45, 2.75) is 13.3 Å². The third-order valence-corrected chi connectivity index (χ3v) is 2.06. The average molecular weight is 202 g/mol. The normalized spacial score (nSPS) is 9.80. The van der Waals surface area contributed by atoms with Crippen LogP contribution in [0.15, 0.2) is 22.8 Å². The second kappa shape index (κ2) is 3.01. The van der Waals surface area contributed by atoms with Gasteiger partial charge in [0.15, 0.2) is 6.20 Å². The van der Waals surface area contributed by atoms with Crippen LogP contribution in [0.5, 0.6) is 0 Å². The van der Waals surface area contributed by atoms with E-state index in [1.54, 1.807) is 6.07 Å². The summed E-state index contributed by atoms with van der Waals surface area (Å²) in [6.07, 6.45) is 2.26. The zero-order valence-corrected chi connectivity index (χ0v) is 7.26. The molecular weight excluding hydrogens is 194 g/mol. The van der Waals surface area contributed by atoms with Crippen molar-refractivity contribution in [3.05, 3.63) is 33.7 Å². The highest BCUT2D eigenvalue weighted by molar-refractivity contribution is 9.10. The van der Waals surface area contributed by atoms with Gasteiger partial charge in [0.1, 0.15) is 0 Å². The molecule has 0 amide bonds. The summed E-state index contributed by atoms with van der Waals surface area (Å²) in [6.45, 7) is 1.95. The number of hydrogen-bond acceptors (Lipinski definition) is 1. The van der Waals surface area contributed by atoms with E-state index in [1.807, 2.05) is 13.0 Å². The van der Waals surface area contributed by atoms with E-state index in [9.17, 15) is 5.21 Å². The first-order chi connectivity index (χ1) is 4.75. The Kier molecular flexibility index (Phi) is 2.27. The van der Waals surface area contributed by atoms with Crippen molar-refractivity contribution in [1.82, 2.24) is 0 Å². The molecule has 0 aliphatic carbocycles. The van der Waals surface area contributed by atoms with Gasteiger partial charge in [-0.1, -0.05) is 6.92 Å². The molecule has 0 unspecified atom stereocenters. The summed E-state index contributed by atoms with van der Waals surface area (Å²) in [5.41, 5.74) is 0.780. The molecule has 0 aromatic carbocycles. The fourth-order valence-electron chi connectivity index (χ4n) is 0.822. The highest BCUT2D eigenvalue weighted by atomic mass is 79.9. The topological polar surface area (TPSA) is 26.9 Å². The first-order valence-corrected chi connectivity index (χ1v) is 3.91. The van der Waals surface area contributed by atoms with Crippen molar-refractivity contribution in [3.8, 4) is 0 Å². The molecule has 1 heterocycles. The minimum atomic E-state index is 0.755. The molecule has 2 nitrogen and oxygen atoms in total. The lowest BCUT2D eigenvalue weighted by atomic mass is 10.3. The van der Waals surface area contributed by atoms with Crippen molar-refractivity contribution in [2.24, 2.45) is 0 Å². The highest BCUT2D eigenvalue weighted by Gasteiger charge is 2.05. The maximum atomic E-state index is 11.0. The van der Waals surface area contributed by atoms with Crippen molar-refractivity contribution in [2.75, 3.05) is 0 Å². The summed E-state index contributed by atoms with van der Waals surface area (Å²) < 4.78 is 1.76. The van der Waals surface area contributed by atoms with E-state index < -0.39 is 0 Å². The predicted octanol–water partition coefficient (Wildman–Crippen LogP) is 1.64. The first kappa shape index (κ1) is 7.54. The summed E-state index contributed by atoms with van der Waals surface area (Å²) in [5.74, 6) is 0. The molecule has 0 radical (unpaired) electrons. The van der Waals surface area contributed by atoms with Crippen LogP contribution in [0.1, 0.15) is 12.6 Å². The Hall–Kier alpha value is -0.570. The fourth-order valence-corrected chi connectivity index (χ4v) is 1.43. The molecule has 0 fully saturated rings. The van der Waals surface area contributed by atoms with Gasteiger partial charge in [0.05, 0.1) is 4.47 Å². The van der Waals surface area contributed by atoms with Crippen LogP contribution in [0, 0.1) is 5.21 Å².